The Morgan fingerprint density at radius 1 is 1.13 bits per heavy atom. The van der Waals surface area contributed by atoms with Gasteiger partial charge in [-0.15, -0.1) is 22.6 Å². The summed E-state index contributed by atoms with van der Waals surface area (Å²) in [5.41, 5.74) is 0.786. The summed E-state index contributed by atoms with van der Waals surface area (Å²) in [7, 11) is 3.16. The number of ether oxygens (including phenoxy) is 3. The first kappa shape index (κ1) is 24.2. The lowest BCUT2D eigenvalue weighted by Crippen LogP contribution is -2.32. The minimum atomic E-state index is -0.0415. The van der Waals surface area contributed by atoms with Crippen LogP contribution in [0.1, 0.15) is 32.6 Å². The number of carbonyl (C=O) groups is 1. The summed E-state index contributed by atoms with van der Waals surface area (Å²) in [6.45, 7) is 5.34. The van der Waals surface area contributed by atoms with Crippen LogP contribution in [-0.4, -0.2) is 61.5 Å². The van der Waals surface area contributed by atoms with Crippen molar-refractivity contribution >= 4 is 34.8 Å². The SMILES string of the molecule is CCOc1c(OC)cc(-c2nnc(NC(=O)CCN3CCCCC3)s2)cc1OC.Cl. The van der Waals surface area contributed by atoms with Crippen molar-refractivity contribution in [3.05, 3.63) is 12.1 Å². The van der Waals surface area contributed by atoms with Gasteiger partial charge in [0.25, 0.3) is 0 Å². The van der Waals surface area contributed by atoms with E-state index in [4.69, 9.17) is 14.2 Å². The molecule has 0 atom stereocenters. The number of nitrogens with zero attached hydrogens (tertiary/aromatic N) is 3. The van der Waals surface area contributed by atoms with E-state index in [1.54, 1.807) is 14.2 Å². The van der Waals surface area contributed by atoms with Crippen LogP contribution in [0.25, 0.3) is 10.6 Å². The van der Waals surface area contributed by atoms with E-state index in [1.807, 2.05) is 19.1 Å². The third-order valence-corrected chi connectivity index (χ3v) is 5.66. The monoisotopic (exact) mass is 456 g/mol. The van der Waals surface area contributed by atoms with Gasteiger partial charge in [0.1, 0.15) is 5.01 Å². The molecule has 1 saturated heterocycles. The second-order valence-corrected chi connectivity index (χ2v) is 7.73. The van der Waals surface area contributed by atoms with Crippen LogP contribution in [0.4, 0.5) is 5.13 Å². The molecule has 0 spiro atoms. The molecular weight excluding hydrogens is 428 g/mol. The average Bonchev–Trinajstić information content (AvgIpc) is 3.21. The van der Waals surface area contributed by atoms with Crippen LogP contribution in [0.2, 0.25) is 0 Å². The van der Waals surface area contributed by atoms with E-state index in [0.29, 0.717) is 40.4 Å². The molecule has 2 aromatic rings. The molecule has 2 heterocycles. The highest BCUT2D eigenvalue weighted by molar-refractivity contribution is 7.18. The average molecular weight is 457 g/mol. The Hall–Kier alpha value is -2.10. The third kappa shape index (κ3) is 6.20. The topological polar surface area (TPSA) is 85.8 Å². The van der Waals surface area contributed by atoms with Gasteiger partial charge in [0.2, 0.25) is 16.8 Å². The maximum atomic E-state index is 12.3. The highest BCUT2D eigenvalue weighted by Gasteiger charge is 2.18. The molecule has 1 fully saturated rings. The van der Waals surface area contributed by atoms with E-state index in [9.17, 15) is 4.79 Å². The number of methoxy groups -OCH3 is 2. The van der Waals surface area contributed by atoms with Crippen molar-refractivity contribution in [2.45, 2.75) is 32.6 Å². The Kier molecular flexibility index (Phi) is 9.61. The summed E-state index contributed by atoms with van der Waals surface area (Å²) in [6.07, 6.45) is 4.18. The van der Waals surface area contributed by atoms with Crippen LogP contribution in [0.5, 0.6) is 17.2 Å². The van der Waals surface area contributed by atoms with Crippen LogP contribution in [0, 0.1) is 0 Å². The Morgan fingerprint density at radius 2 is 1.80 bits per heavy atom. The molecule has 0 radical (unpaired) electrons. The molecule has 1 amide bonds. The van der Waals surface area contributed by atoms with Gasteiger partial charge in [0.05, 0.1) is 20.8 Å². The Morgan fingerprint density at radius 3 is 2.40 bits per heavy atom. The van der Waals surface area contributed by atoms with Gasteiger partial charge in [-0.3, -0.25) is 4.79 Å². The molecule has 0 unspecified atom stereocenters. The van der Waals surface area contributed by atoms with Crippen LogP contribution in [0.3, 0.4) is 0 Å². The minimum absolute atomic E-state index is 0. The maximum Gasteiger partial charge on any atom is 0.227 e. The van der Waals surface area contributed by atoms with Crippen molar-refractivity contribution in [3.63, 3.8) is 0 Å². The second-order valence-electron chi connectivity index (χ2n) is 6.76. The van der Waals surface area contributed by atoms with Crippen molar-refractivity contribution in [3.8, 4) is 27.8 Å². The molecule has 1 aliphatic rings. The highest BCUT2D eigenvalue weighted by atomic mass is 35.5. The van der Waals surface area contributed by atoms with Crippen LogP contribution < -0.4 is 19.5 Å². The minimum Gasteiger partial charge on any atom is -0.493 e. The van der Waals surface area contributed by atoms with E-state index >= 15 is 0 Å². The summed E-state index contributed by atoms with van der Waals surface area (Å²) in [6, 6.07) is 3.66. The first-order valence-electron chi connectivity index (χ1n) is 9.89. The smallest absolute Gasteiger partial charge is 0.227 e. The lowest BCUT2D eigenvalue weighted by atomic mass is 10.1. The fraction of sp³-hybridized carbons (Fsp3) is 0.550. The van der Waals surface area contributed by atoms with E-state index in [2.05, 4.69) is 20.4 Å². The van der Waals surface area contributed by atoms with Crippen LogP contribution in [-0.2, 0) is 4.79 Å². The van der Waals surface area contributed by atoms with Gasteiger partial charge < -0.3 is 24.4 Å². The molecule has 1 N–H and O–H groups in total. The molecular formula is C20H29ClN4O4S. The molecule has 0 aliphatic carbocycles. The van der Waals surface area contributed by atoms with Crippen molar-refractivity contribution < 1.29 is 19.0 Å². The largest absolute Gasteiger partial charge is 0.493 e. The third-order valence-electron chi connectivity index (χ3n) is 4.77. The number of benzene rings is 1. The molecule has 1 aromatic carbocycles. The van der Waals surface area contributed by atoms with E-state index in [0.717, 1.165) is 25.2 Å². The van der Waals surface area contributed by atoms with Crippen molar-refractivity contribution in [2.24, 2.45) is 0 Å². The number of piperidine rings is 1. The number of rotatable bonds is 9. The fourth-order valence-electron chi connectivity index (χ4n) is 3.30. The van der Waals surface area contributed by atoms with Gasteiger partial charge in [0.15, 0.2) is 11.5 Å². The number of hydrogen-bond donors (Lipinski definition) is 1. The Bertz CT molecular complexity index is 802. The summed E-state index contributed by atoms with van der Waals surface area (Å²) in [5, 5.41) is 12.3. The second kappa shape index (κ2) is 11.9. The van der Waals surface area contributed by atoms with Crippen molar-refractivity contribution in [1.82, 2.24) is 15.1 Å². The first-order valence-corrected chi connectivity index (χ1v) is 10.7. The Labute approximate surface area is 187 Å². The molecule has 166 valence electrons. The van der Waals surface area contributed by atoms with Gasteiger partial charge in [-0.25, -0.2) is 0 Å². The molecule has 10 heteroatoms. The van der Waals surface area contributed by atoms with E-state index in [-0.39, 0.29) is 18.3 Å². The van der Waals surface area contributed by atoms with Crippen LogP contribution in [0.15, 0.2) is 12.1 Å². The van der Waals surface area contributed by atoms with Gasteiger partial charge in [-0.2, -0.15) is 0 Å². The van der Waals surface area contributed by atoms with Gasteiger partial charge >= 0.3 is 0 Å². The molecule has 1 aliphatic heterocycles. The molecule has 0 bridgehead atoms. The normalized spacial score (nSPS) is 14.0. The first-order chi connectivity index (χ1) is 14.1. The number of carbonyl (C=O) groups excluding carboxylic acids is 1. The number of halogens is 1. The Balaban J connectivity index is 0.00000320. The predicted octanol–water partition coefficient (Wildman–Crippen LogP) is 3.86. The summed E-state index contributed by atoms with van der Waals surface area (Å²) in [4.78, 5) is 14.6. The fourth-order valence-corrected chi connectivity index (χ4v) is 4.05. The van der Waals surface area contributed by atoms with Gasteiger partial charge in [0, 0.05) is 18.5 Å². The number of likely N-dealkylation sites (tertiary alicyclic amines) is 1. The zero-order chi connectivity index (χ0) is 20.6. The summed E-state index contributed by atoms with van der Waals surface area (Å²) >= 11 is 1.31. The van der Waals surface area contributed by atoms with Crippen LogP contribution >= 0.6 is 23.7 Å². The zero-order valence-electron chi connectivity index (χ0n) is 17.6. The lowest BCUT2D eigenvalue weighted by molar-refractivity contribution is -0.116. The zero-order valence-corrected chi connectivity index (χ0v) is 19.2. The number of anilines is 1. The highest BCUT2D eigenvalue weighted by Crippen LogP contribution is 2.42. The van der Waals surface area contributed by atoms with Gasteiger partial charge in [-0.05, 0) is 45.0 Å². The molecule has 8 nitrogen and oxygen atoms in total. The van der Waals surface area contributed by atoms with Crippen molar-refractivity contribution in [2.75, 3.05) is 45.8 Å². The number of hydrogen-bond acceptors (Lipinski definition) is 8. The molecule has 30 heavy (non-hydrogen) atoms. The number of nitrogens with one attached hydrogen (secondary N) is 1. The number of amides is 1. The molecule has 3 rings (SSSR count). The maximum absolute atomic E-state index is 12.3. The van der Waals surface area contributed by atoms with E-state index in [1.165, 1.54) is 30.6 Å². The predicted molar refractivity (Wildman–Crippen MR) is 120 cm³/mol. The summed E-state index contributed by atoms with van der Waals surface area (Å²) < 4.78 is 16.5. The van der Waals surface area contributed by atoms with E-state index < -0.39 is 0 Å². The standard InChI is InChI=1S/C20H28N4O4S.ClH/c1-4-28-18-15(26-2)12-14(13-16(18)27-3)19-22-23-20(29-19)21-17(25)8-11-24-9-6-5-7-10-24;/h12-13H,4-11H2,1-3H3,(H,21,23,25);1H. The molecule has 1 aromatic heterocycles. The quantitative estimate of drug-likeness (QED) is 0.613. The van der Waals surface area contributed by atoms with Gasteiger partial charge in [-0.1, -0.05) is 17.8 Å². The lowest BCUT2D eigenvalue weighted by Gasteiger charge is -2.25. The molecule has 0 saturated carbocycles. The summed E-state index contributed by atoms with van der Waals surface area (Å²) in [5.74, 6) is 1.63. The van der Waals surface area contributed by atoms with Crippen molar-refractivity contribution in [1.29, 1.82) is 0 Å². The number of aromatic nitrogens is 2.